The number of benzene rings is 1. The highest BCUT2D eigenvalue weighted by Crippen LogP contribution is 2.16. The summed E-state index contributed by atoms with van der Waals surface area (Å²) >= 11 is 0. The predicted octanol–water partition coefficient (Wildman–Crippen LogP) is 2.57. The molecule has 0 aliphatic carbocycles. The van der Waals surface area contributed by atoms with Gasteiger partial charge in [0.1, 0.15) is 6.21 Å². The summed E-state index contributed by atoms with van der Waals surface area (Å²) in [6.07, 6.45) is 1.20. The number of carbonyl (C=O) groups excluding carboxylic acids is 1. The van der Waals surface area contributed by atoms with Gasteiger partial charge >= 0.3 is 5.97 Å². The lowest BCUT2D eigenvalue weighted by Gasteiger charge is -2.00. The van der Waals surface area contributed by atoms with Crippen molar-refractivity contribution in [2.24, 2.45) is 4.99 Å². The number of hydrogen-bond donors (Lipinski definition) is 0. The number of ether oxygens (including phenoxy) is 1. The molecule has 1 rings (SSSR count). The van der Waals surface area contributed by atoms with E-state index < -0.39 is 5.97 Å². The van der Waals surface area contributed by atoms with E-state index in [4.69, 9.17) is 4.74 Å². The minimum absolute atomic E-state index is 0.373. The molecule has 1 aromatic rings. The largest absolute Gasteiger partial charge is 0.462 e. The zero-order valence-corrected chi connectivity index (χ0v) is 9.28. The van der Waals surface area contributed by atoms with Crippen LogP contribution >= 0.6 is 0 Å². The average Bonchev–Trinajstić information content (AvgIpc) is 2.20. The van der Waals surface area contributed by atoms with Crippen LogP contribution in [0.15, 0.2) is 23.2 Å². The van der Waals surface area contributed by atoms with Crippen molar-refractivity contribution in [2.75, 3.05) is 6.61 Å². The molecular weight excluding hydrogens is 190 g/mol. The Hall–Kier alpha value is -1.64. The first-order valence-electron chi connectivity index (χ1n) is 4.91. The summed E-state index contributed by atoms with van der Waals surface area (Å²) in [4.78, 5) is 15.0. The minimum atomic E-state index is -0.407. The van der Waals surface area contributed by atoms with Crippen molar-refractivity contribution in [2.45, 2.75) is 20.8 Å². The fourth-order valence-electron chi connectivity index (χ4n) is 1.11. The van der Waals surface area contributed by atoms with Crippen LogP contribution in [0.3, 0.4) is 0 Å². The summed E-state index contributed by atoms with van der Waals surface area (Å²) in [5.41, 5.74) is 3.14. The van der Waals surface area contributed by atoms with E-state index in [1.54, 1.807) is 6.92 Å². The molecule has 0 radical (unpaired) electrons. The summed E-state index contributed by atoms with van der Waals surface area (Å²) in [5, 5.41) is 0. The first-order chi connectivity index (χ1) is 7.13. The van der Waals surface area contributed by atoms with Crippen LogP contribution in [-0.2, 0) is 9.53 Å². The van der Waals surface area contributed by atoms with Crippen LogP contribution in [0.1, 0.15) is 18.1 Å². The van der Waals surface area contributed by atoms with Crippen LogP contribution in [-0.4, -0.2) is 18.8 Å². The van der Waals surface area contributed by atoms with Crippen molar-refractivity contribution in [3.63, 3.8) is 0 Å². The lowest BCUT2D eigenvalue weighted by atomic mass is 10.1. The first-order valence-corrected chi connectivity index (χ1v) is 4.91. The van der Waals surface area contributed by atoms with E-state index in [2.05, 4.69) is 4.99 Å². The zero-order valence-electron chi connectivity index (χ0n) is 9.28. The number of carbonyl (C=O) groups is 1. The third-order valence-electron chi connectivity index (χ3n) is 2.10. The number of hydrogen-bond acceptors (Lipinski definition) is 3. The highest BCUT2D eigenvalue weighted by molar-refractivity contribution is 6.23. The lowest BCUT2D eigenvalue weighted by Crippen LogP contribution is -2.04. The number of aliphatic imine (C=N–C) groups is 1. The SMILES string of the molecule is CCOC(=O)C=Nc1ccc(C)c(C)c1. The molecule has 15 heavy (non-hydrogen) atoms. The van der Waals surface area contributed by atoms with Crippen LogP contribution in [0.4, 0.5) is 5.69 Å². The second-order valence-electron chi connectivity index (χ2n) is 3.28. The van der Waals surface area contributed by atoms with Gasteiger partial charge in [-0.15, -0.1) is 0 Å². The Balaban J connectivity index is 2.72. The Bertz CT molecular complexity index is 383. The van der Waals surface area contributed by atoms with Gasteiger partial charge in [-0.2, -0.15) is 0 Å². The van der Waals surface area contributed by atoms with Crippen molar-refractivity contribution in [1.29, 1.82) is 0 Å². The molecule has 0 saturated carbocycles. The third-order valence-corrected chi connectivity index (χ3v) is 2.10. The molecule has 0 aliphatic rings. The van der Waals surface area contributed by atoms with Crippen molar-refractivity contribution in [3.8, 4) is 0 Å². The topological polar surface area (TPSA) is 38.7 Å². The molecule has 3 heteroatoms. The van der Waals surface area contributed by atoms with Crippen LogP contribution in [0, 0.1) is 13.8 Å². The van der Waals surface area contributed by atoms with E-state index in [-0.39, 0.29) is 0 Å². The van der Waals surface area contributed by atoms with Gasteiger partial charge in [0, 0.05) is 0 Å². The second-order valence-corrected chi connectivity index (χ2v) is 3.28. The first kappa shape index (κ1) is 11.4. The molecular formula is C12H15NO2. The molecule has 0 bridgehead atoms. The van der Waals surface area contributed by atoms with Gasteiger partial charge in [0.05, 0.1) is 12.3 Å². The van der Waals surface area contributed by atoms with E-state index in [0.717, 1.165) is 11.3 Å². The Kier molecular flexibility index (Phi) is 4.03. The Morgan fingerprint density at radius 2 is 2.13 bits per heavy atom. The molecule has 0 aliphatic heterocycles. The fraction of sp³-hybridized carbons (Fsp3) is 0.333. The number of rotatable bonds is 3. The summed E-state index contributed by atoms with van der Waals surface area (Å²) < 4.78 is 4.73. The quantitative estimate of drug-likeness (QED) is 0.562. The molecule has 0 amide bonds. The molecule has 0 N–H and O–H groups in total. The molecule has 0 heterocycles. The summed E-state index contributed by atoms with van der Waals surface area (Å²) in [6, 6.07) is 5.79. The maximum atomic E-state index is 11.0. The van der Waals surface area contributed by atoms with E-state index in [1.807, 2.05) is 32.0 Å². The molecule has 0 aromatic heterocycles. The standard InChI is InChI=1S/C12H15NO2/c1-4-15-12(14)8-13-11-6-5-9(2)10(3)7-11/h5-8H,4H2,1-3H3. The van der Waals surface area contributed by atoms with Gasteiger partial charge in [-0.25, -0.2) is 9.79 Å². The van der Waals surface area contributed by atoms with Gasteiger partial charge in [0.2, 0.25) is 0 Å². The van der Waals surface area contributed by atoms with Gasteiger partial charge in [-0.1, -0.05) is 6.07 Å². The molecule has 0 atom stereocenters. The smallest absolute Gasteiger partial charge is 0.349 e. The Morgan fingerprint density at radius 1 is 1.40 bits per heavy atom. The van der Waals surface area contributed by atoms with Crippen LogP contribution in [0.25, 0.3) is 0 Å². The highest BCUT2D eigenvalue weighted by atomic mass is 16.5. The van der Waals surface area contributed by atoms with Crippen LogP contribution in [0.5, 0.6) is 0 Å². The molecule has 80 valence electrons. The maximum Gasteiger partial charge on any atom is 0.349 e. The lowest BCUT2D eigenvalue weighted by molar-refractivity contribution is -0.134. The molecule has 0 unspecified atom stereocenters. The summed E-state index contributed by atoms with van der Waals surface area (Å²) in [7, 11) is 0. The molecule has 0 fully saturated rings. The zero-order chi connectivity index (χ0) is 11.3. The molecule has 0 spiro atoms. The highest BCUT2D eigenvalue weighted by Gasteiger charge is 1.96. The van der Waals surface area contributed by atoms with Gasteiger partial charge in [0.25, 0.3) is 0 Å². The number of nitrogens with zero attached hydrogens (tertiary/aromatic N) is 1. The van der Waals surface area contributed by atoms with E-state index in [9.17, 15) is 4.79 Å². The second kappa shape index (κ2) is 5.29. The van der Waals surface area contributed by atoms with Gasteiger partial charge in [0.15, 0.2) is 0 Å². The minimum Gasteiger partial charge on any atom is -0.462 e. The molecule has 0 saturated heterocycles. The monoisotopic (exact) mass is 205 g/mol. The van der Waals surface area contributed by atoms with Crippen LogP contribution in [0.2, 0.25) is 0 Å². The van der Waals surface area contributed by atoms with Gasteiger partial charge in [-0.3, -0.25) is 0 Å². The Labute approximate surface area is 89.8 Å². The normalized spacial score (nSPS) is 10.6. The van der Waals surface area contributed by atoms with Crippen molar-refractivity contribution in [3.05, 3.63) is 29.3 Å². The summed E-state index contributed by atoms with van der Waals surface area (Å²) in [6.45, 7) is 6.19. The van der Waals surface area contributed by atoms with Crippen molar-refractivity contribution >= 4 is 17.9 Å². The van der Waals surface area contributed by atoms with E-state index in [1.165, 1.54) is 11.8 Å². The number of aryl methyl sites for hydroxylation is 2. The van der Waals surface area contributed by atoms with Gasteiger partial charge < -0.3 is 4.74 Å². The average molecular weight is 205 g/mol. The van der Waals surface area contributed by atoms with Gasteiger partial charge in [-0.05, 0) is 44.0 Å². The van der Waals surface area contributed by atoms with Crippen LogP contribution < -0.4 is 0 Å². The summed E-state index contributed by atoms with van der Waals surface area (Å²) in [5.74, 6) is -0.407. The molecule has 3 nitrogen and oxygen atoms in total. The molecule has 1 aromatic carbocycles. The Morgan fingerprint density at radius 3 is 2.73 bits per heavy atom. The fourth-order valence-corrected chi connectivity index (χ4v) is 1.11. The maximum absolute atomic E-state index is 11.0. The van der Waals surface area contributed by atoms with E-state index in [0.29, 0.717) is 6.61 Å². The number of esters is 1. The van der Waals surface area contributed by atoms with Crippen molar-refractivity contribution in [1.82, 2.24) is 0 Å². The predicted molar refractivity (Wildman–Crippen MR) is 60.7 cm³/mol. The third kappa shape index (κ3) is 3.54. The van der Waals surface area contributed by atoms with Crippen molar-refractivity contribution < 1.29 is 9.53 Å². The van der Waals surface area contributed by atoms with E-state index >= 15 is 0 Å².